The monoisotopic (exact) mass is 262 g/mol. The molecule has 0 spiro atoms. The van der Waals surface area contributed by atoms with Crippen molar-refractivity contribution in [3.8, 4) is 0 Å². The lowest BCUT2D eigenvalue weighted by Gasteiger charge is -2.34. The minimum absolute atomic E-state index is 0.466. The molecule has 0 amide bonds. The normalized spacial score (nSPS) is 40.2. The van der Waals surface area contributed by atoms with Gasteiger partial charge in [0.15, 0.2) is 5.17 Å². The van der Waals surface area contributed by atoms with Gasteiger partial charge in [0.05, 0.1) is 6.04 Å². The molecule has 2 aliphatic heterocycles. The lowest BCUT2D eigenvalue weighted by Crippen LogP contribution is -2.39. The van der Waals surface area contributed by atoms with Crippen molar-refractivity contribution >= 4 is 24.8 Å². The SMILES string of the molecule is BC1(C)CCCC2=C(C1)SC1=NC(C)CC(C)N12. The van der Waals surface area contributed by atoms with Crippen LogP contribution in [0.25, 0.3) is 0 Å². The second kappa shape index (κ2) is 4.33. The van der Waals surface area contributed by atoms with Crippen LogP contribution in [-0.4, -0.2) is 30.0 Å². The van der Waals surface area contributed by atoms with Gasteiger partial charge in [0.25, 0.3) is 0 Å². The predicted octanol–water partition coefficient (Wildman–Crippen LogP) is 3.17. The molecule has 2 nitrogen and oxygen atoms in total. The van der Waals surface area contributed by atoms with E-state index in [0.717, 1.165) is 0 Å². The number of hydrogen-bond donors (Lipinski definition) is 0. The first-order valence-corrected chi connectivity index (χ1v) is 8.05. The van der Waals surface area contributed by atoms with Crippen LogP contribution in [-0.2, 0) is 0 Å². The molecule has 1 aliphatic carbocycles. The second-order valence-corrected chi connectivity index (χ2v) is 7.94. The Kier molecular flexibility index (Phi) is 3.04. The quantitative estimate of drug-likeness (QED) is 0.623. The first-order valence-electron chi connectivity index (χ1n) is 7.23. The molecule has 0 fully saturated rings. The predicted molar refractivity (Wildman–Crippen MR) is 82.8 cm³/mol. The highest BCUT2D eigenvalue weighted by Gasteiger charge is 2.39. The summed E-state index contributed by atoms with van der Waals surface area (Å²) in [4.78, 5) is 9.01. The molecule has 0 saturated heterocycles. The molecule has 3 atom stereocenters. The molecular weight excluding hydrogens is 239 g/mol. The summed E-state index contributed by atoms with van der Waals surface area (Å²) in [5.41, 5.74) is 1.60. The topological polar surface area (TPSA) is 15.6 Å². The van der Waals surface area contributed by atoms with E-state index in [1.165, 1.54) is 37.3 Å². The summed E-state index contributed by atoms with van der Waals surface area (Å²) < 4.78 is 0. The summed E-state index contributed by atoms with van der Waals surface area (Å²) in [5.74, 6) is 0. The molecule has 18 heavy (non-hydrogen) atoms. The van der Waals surface area contributed by atoms with E-state index in [-0.39, 0.29) is 0 Å². The Morgan fingerprint density at radius 2 is 2.22 bits per heavy atom. The highest BCUT2D eigenvalue weighted by atomic mass is 32.2. The lowest BCUT2D eigenvalue weighted by atomic mass is 9.66. The Balaban J connectivity index is 1.94. The van der Waals surface area contributed by atoms with Gasteiger partial charge in [0, 0.05) is 16.6 Å². The maximum atomic E-state index is 4.86. The van der Waals surface area contributed by atoms with Crippen LogP contribution in [0, 0.1) is 0 Å². The van der Waals surface area contributed by atoms with Crippen LogP contribution in [0.1, 0.15) is 52.9 Å². The van der Waals surface area contributed by atoms with E-state index in [0.29, 0.717) is 17.4 Å². The van der Waals surface area contributed by atoms with E-state index in [9.17, 15) is 0 Å². The number of amidine groups is 1. The Bertz CT molecular complexity index is 428. The van der Waals surface area contributed by atoms with Crippen LogP contribution in [0.4, 0.5) is 0 Å². The minimum atomic E-state index is 0.466. The van der Waals surface area contributed by atoms with Crippen LogP contribution in [0.5, 0.6) is 0 Å². The Labute approximate surface area is 116 Å². The third kappa shape index (κ3) is 2.13. The molecule has 0 aromatic heterocycles. The zero-order valence-electron chi connectivity index (χ0n) is 12.0. The number of allylic oxidation sites excluding steroid dienone is 2. The smallest absolute Gasteiger partial charge is 0.168 e. The maximum Gasteiger partial charge on any atom is 0.168 e. The van der Waals surface area contributed by atoms with Gasteiger partial charge in [-0.15, -0.1) is 0 Å². The number of thioether (sulfide) groups is 1. The summed E-state index contributed by atoms with van der Waals surface area (Å²) in [6.45, 7) is 7.02. The summed E-state index contributed by atoms with van der Waals surface area (Å²) in [6, 6.07) is 1.13. The van der Waals surface area contributed by atoms with Gasteiger partial charge in [0.2, 0.25) is 0 Å². The van der Waals surface area contributed by atoms with Gasteiger partial charge >= 0.3 is 0 Å². The number of aliphatic imine (C=N–C) groups is 1. The van der Waals surface area contributed by atoms with Crippen molar-refractivity contribution in [3.05, 3.63) is 10.6 Å². The van der Waals surface area contributed by atoms with Gasteiger partial charge in [-0.2, -0.15) is 0 Å². The van der Waals surface area contributed by atoms with Gasteiger partial charge in [0.1, 0.15) is 7.85 Å². The lowest BCUT2D eigenvalue weighted by molar-refractivity contribution is 0.332. The average Bonchev–Trinajstić information content (AvgIpc) is 2.47. The maximum absolute atomic E-state index is 4.86. The number of rotatable bonds is 0. The third-order valence-electron chi connectivity index (χ3n) is 4.39. The Hall–Kier alpha value is -0.375. The zero-order chi connectivity index (χ0) is 12.9. The molecule has 4 heteroatoms. The molecule has 0 radical (unpaired) electrons. The van der Waals surface area contributed by atoms with Gasteiger partial charge in [-0.25, -0.2) is 0 Å². The van der Waals surface area contributed by atoms with Crippen LogP contribution in [0.3, 0.4) is 0 Å². The molecule has 0 aromatic rings. The summed E-state index contributed by atoms with van der Waals surface area (Å²) in [7, 11) is 2.41. The van der Waals surface area contributed by atoms with E-state index in [1.54, 1.807) is 10.6 Å². The fraction of sp³-hybridized carbons (Fsp3) is 0.786. The fourth-order valence-electron chi connectivity index (χ4n) is 3.51. The molecule has 3 rings (SSSR count). The molecule has 3 aliphatic rings. The van der Waals surface area contributed by atoms with Crippen molar-refractivity contribution in [3.63, 3.8) is 0 Å². The van der Waals surface area contributed by atoms with Crippen molar-refractivity contribution < 1.29 is 0 Å². The first kappa shape index (κ1) is 12.6. The number of hydrogen-bond acceptors (Lipinski definition) is 3. The molecular formula is C14H23BN2S. The molecule has 2 heterocycles. The van der Waals surface area contributed by atoms with Crippen LogP contribution >= 0.6 is 11.8 Å². The van der Waals surface area contributed by atoms with Crippen LogP contribution in [0.2, 0.25) is 5.31 Å². The first-order chi connectivity index (χ1) is 8.46. The minimum Gasteiger partial charge on any atom is -0.321 e. The van der Waals surface area contributed by atoms with E-state index in [2.05, 4.69) is 33.5 Å². The largest absolute Gasteiger partial charge is 0.321 e. The molecule has 0 saturated carbocycles. The van der Waals surface area contributed by atoms with Crippen LogP contribution in [0.15, 0.2) is 15.6 Å². The van der Waals surface area contributed by atoms with Crippen molar-refractivity contribution in [2.45, 2.75) is 70.3 Å². The Morgan fingerprint density at radius 1 is 1.44 bits per heavy atom. The molecule has 0 N–H and O–H groups in total. The van der Waals surface area contributed by atoms with Gasteiger partial charge < -0.3 is 4.90 Å². The third-order valence-corrected chi connectivity index (χ3v) is 5.50. The fourth-order valence-corrected chi connectivity index (χ4v) is 5.13. The van der Waals surface area contributed by atoms with Gasteiger partial charge in [-0.1, -0.05) is 30.4 Å². The molecule has 0 aromatic carbocycles. The van der Waals surface area contributed by atoms with Crippen LogP contribution < -0.4 is 0 Å². The average molecular weight is 262 g/mol. The Morgan fingerprint density at radius 3 is 3.00 bits per heavy atom. The highest BCUT2D eigenvalue weighted by Crippen LogP contribution is 2.50. The van der Waals surface area contributed by atoms with Crippen molar-refractivity contribution in [1.82, 2.24) is 4.90 Å². The number of fused-ring (bicyclic) bond motifs is 2. The summed E-state index contributed by atoms with van der Waals surface area (Å²) >= 11 is 1.96. The van der Waals surface area contributed by atoms with Gasteiger partial charge in [-0.3, -0.25) is 4.99 Å². The van der Waals surface area contributed by atoms with E-state index in [1.807, 2.05) is 11.8 Å². The van der Waals surface area contributed by atoms with Crippen molar-refractivity contribution in [2.75, 3.05) is 0 Å². The highest BCUT2D eigenvalue weighted by molar-refractivity contribution is 8.17. The van der Waals surface area contributed by atoms with Gasteiger partial charge in [-0.05, 0) is 39.5 Å². The standard InChI is InChI=1S/C14H23BN2S/c1-9-7-10(2)17-11-5-4-6-14(3,15)8-12(11)18-13(17)16-9/h9-10H,4-8,15H2,1-3H3. The number of nitrogens with zero attached hydrogens (tertiary/aromatic N) is 2. The summed E-state index contributed by atoms with van der Waals surface area (Å²) in [6.07, 6.45) is 6.38. The second-order valence-electron chi connectivity index (χ2n) is 6.88. The molecule has 3 unspecified atom stereocenters. The van der Waals surface area contributed by atoms with Crippen molar-refractivity contribution in [2.24, 2.45) is 4.99 Å². The molecule has 98 valence electrons. The zero-order valence-corrected chi connectivity index (χ0v) is 12.8. The summed E-state index contributed by atoms with van der Waals surface area (Å²) in [5, 5.41) is 1.75. The van der Waals surface area contributed by atoms with E-state index in [4.69, 9.17) is 4.99 Å². The van der Waals surface area contributed by atoms with E-state index < -0.39 is 0 Å². The molecule has 0 bridgehead atoms. The van der Waals surface area contributed by atoms with Crippen molar-refractivity contribution in [1.29, 1.82) is 0 Å². The van der Waals surface area contributed by atoms with E-state index >= 15 is 0 Å².